The summed E-state index contributed by atoms with van der Waals surface area (Å²) in [5.41, 5.74) is 2.10. The second-order valence-electron chi connectivity index (χ2n) is 7.40. The van der Waals surface area contributed by atoms with Crippen LogP contribution in [0.2, 0.25) is 0 Å². The standard InChI is InChI=1S/C22H23N3O3S/c1-15-6-8-17(9-7-15)29-13-12-23-19(26)14-25-20(27)22(24-21(25)28)11-10-16-4-2-3-5-18(16)22/h2-9H,10-14H2,1H3,(H,23,26)(H,24,28)/t22-/m0/s1. The number of carbonyl (C=O) groups is 3. The zero-order valence-electron chi connectivity index (χ0n) is 16.2. The summed E-state index contributed by atoms with van der Waals surface area (Å²) < 4.78 is 0. The van der Waals surface area contributed by atoms with E-state index in [1.54, 1.807) is 11.8 Å². The molecule has 0 radical (unpaired) electrons. The van der Waals surface area contributed by atoms with Crippen LogP contribution in [-0.4, -0.2) is 41.6 Å². The second kappa shape index (κ2) is 7.91. The maximum atomic E-state index is 13.0. The predicted octanol–water partition coefficient (Wildman–Crippen LogP) is 2.60. The Morgan fingerprint density at radius 3 is 2.72 bits per heavy atom. The van der Waals surface area contributed by atoms with Gasteiger partial charge < -0.3 is 10.6 Å². The normalized spacial score (nSPS) is 20.1. The van der Waals surface area contributed by atoms with Crippen molar-refractivity contribution in [1.82, 2.24) is 15.5 Å². The van der Waals surface area contributed by atoms with Crippen LogP contribution in [0.15, 0.2) is 53.4 Å². The first-order valence-electron chi connectivity index (χ1n) is 9.68. The predicted molar refractivity (Wildman–Crippen MR) is 112 cm³/mol. The van der Waals surface area contributed by atoms with Gasteiger partial charge in [0.05, 0.1) is 0 Å². The van der Waals surface area contributed by atoms with Crippen molar-refractivity contribution < 1.29 is 14.4 Å². The summed E-state index contributed by atoms with van der Waals surface area (Å²) in [5.74, 6) is 0.0460. The number of amides is 4. The molecule has 2 aromatic carbocycles. The number of hydrogen-bond acceptors (Lipinski definition) is 4. The fourth-order valence-corrected chi connectivity index (χ4v) is 4.69. The number of urea groups is 1. The Bertz CT molecular complexity index is 960. The van der Waals surface area contributed by atoms with Gasteiger partial charge in [-0.1, -0.05) is 42.0 Å². The van der Waals surface area contributed by atoms with Crippen LogP contribution in [0.3, 0.4) is 0 Å². The maximum Gasteiger partial charge on any atom is 0.325 e. The van der Waals surface area contributed by atoms with Crippen molar-refractivity contribution in [2.45, 2.75) is 30.2 Å². The number of nitrogens with zero attached hydrogens (tertiary/aromatic N) is 1. The highest BCUT2D eigenvalue weighted by atomic mass is 32.2. The van der Waals surface area contributed by atoms with Crippen LogP contribution in [0.1, 0.15) is 23.1 Å². The smallest absolute Gasteiger partial charge is 0.325 e. The van der Waals surface area contributed by atoms with Crippen molar-refractivity contribution in [3.63, 3.8) is 0 Å². The molecule has 1 aliphatic heterocycles. The lowest BCUT2D eigenvalue weighted by Crippen LogP contribution is -2.44. The Labute approximate surface area is 174 Å². The lowest BCUT2D eigenvalue weighted by molar-refractivity contribution is -0.135. The van der Waals surface area contributed by atoms with E-state index in [0.717, 1.165) is 27.3 Å². The van der Waals surface area contributed by atoms with Gasteiger partial charge in [-0.05, 0) is 43.0 Å². The van der Waals surface area contributed by atoms with Crippen molar-refractivity contribution in [2.24, 2.45) is 0 Å². The Balaban J connectivity index is 1.31. The van der Waals surface area contributed by atoms with Crippen LogP contribution < -0.4 is 10.6 Å². The van der Waals surface area contributed by atoms with E-state index in [-0.39, 0.29) is 18.4 Å². The molecule has 0 aromatic heterocycles. The van der Waals surface area contributed by atoms with E-state index in [2.05, 4.69) is 22.8 Å². The van der Waals surface area contributed by atoms with Gasteiger partial charge in [0, 0.05) is 17.2 Å². The van der Waals surface area contributed by atoms with Gasteiger partial charge in [-0.2, -0.15) is 0 Å². The highest BCUT2D eigenvalue weighted by Crippen LogP contribution is 2.41. The van der Waals surface area contributed by atoms with E-state index in [0.29, 0.717) is 18.7 Å². The molecule has 1 aliphatic carbocycles. The monoisotopic (exact) mass is 409 g/mol. The van der Waals surface area contributed by atoms with Crippen LogP contribution >= 0.6 is 11.8 Å². The van der Waals surface area contributed by atoms with Gasteiger partial charge in [-0.15, -0.1) is 11.8 Å². The molecule has 2 aromatic rings. The first kappa shape index (κ1) is 19.5. The SMILES string of the molecule is Cc1ccc(SCCNC(=O)CN2C(=O)N[C@]3(CCc4ccccc43)C2=O)cc1. The van der Waals surface area contributed by atoms with Crippen molar-refractivity contribution in [3.8, 4) is 0 Å². The van der Waals surface area contributed by atoms with E-state index in [4.69, 9.17) is 0 Å². The quantitative estimate of drug-likeness (QED) is 0.437. The summed E-state index contributed by atoms with van der Waals surface area (Å²) in [6.07, 6.45) is 1.26. The van der Waals surface area contributed by atoms with Gasteiger partial charge in [-0.25, -0.2) is 4.79 Å². The average molecular weight is 410 g/mol. The molecular formula is C22H23N3O3S. The molecule has 4 amide bonds. The summed E-state index contributed by atoms with van der Waals surface area (Å²) in [5, 5.41) is 5.63. The molecule has 1 heterocycles. The Kier molecular flexibility index (Phi) is 5.32. The molecule has 0 bridgehead atoms. The van der Waals surface area contributed by atoms with Crippen LogP contribution in [0.25, 0.3) is 0 Å². The molecular weight excluding hydrogens is 386 g/mol. The zero-order valence-corrected chi connectivity index (χ0v) is 17.1. The molecule has 1 spiro atoms. The molecule has 1 fully saturated rings. The van der Waals surface area contributed by atoms with E-state index >= 15 is 0 Å². The number of thioether (sulfide) groups is 1. The Morgan fingerprint density at radius 1 is 1.17 bits per heavy atom. The molecule has 0 saturated carbocycles. The summed E-state index contributed by atoms with van der Waals surface area (Å²) in [6.45, 7) is 2.25. The first-order chi connectivity index (χ1) is 14.0. The number of imide groups is 1. The number of carbonyl (C=O) groups excluding carboxylic acids is 3. The van der Waals surface area contributed by atoms with Gasteiger partial charge in [-0.3, -0.25) is 14.5 Å². The van der Waals surface area contributed by atoms with Crippen molar-refractivity contribution in [3.05, 3.63) is 65.2 Å². The number of nitrogens with one attached hydrogen (secondary N) is 2. The van der Waals surface area contributed by atoms with Gasteiger partial charge in [0.15, 0.2) is 0 Å². The van der Waals surface area contributed by atoms with E-state index < -0.39 is 11.6 Å². The summed E-state index contributed by atoms with van der Waals surface area (Å²) in [6, 6.07) is 15.4. The van der Waals surface area contributed by atoms with Gasteiger partial charge >= 0.3 is 6.03 Å². The van der Waals surface area contributed by atoms with Crippen molar-refractivity contribution in [1.29, 1.82) is 0 Å². The van der Waals surface area contributed by atoms with Crippen LogP contribution in [-0.2, 0) is 21.5 Å². The number of fused-ring (bicyclic) bond motifs is 2. The van der Waals surface area contributed by atoms with Crippen LogP contribution in [0.5, 0.6) is 0 Å². The molecule has 2 N–H and O–H groups in total. The topological polar surface area (TPSA) is 78.5 Å². The lowest BCUT2D eigenvalue weighted by atomic mass is 9.92. The summed E-state index contributed by atoms with van der Waals surface area (Å²) >= 11 is 1.65. The molecule has 1 atom stereocenters. The van der Waals surface area contributed by atoms with E-state index in [1.165, 1.54) is 5.56 Å². The van der Waals surface area contributed by atoms with E-state index in [1.807, 2.05) is 43.3 Å². The average Bonchev–Trinajstić information content (AvgIpc) is 3.20. The third-order valence-electron chi connectivity index (χ3n) is 5.44. The van der Waals surface area contributed by atoms with Gasteiger partial charge in [0.25, 0.3) is 5.91 Å². The van der Waals surface area contributed by atoms with E-state index in [9.17, 15) is 14.4 Å². The third kappa shape index (κ3) is 3.74. The molecule has 4 rings (SSSR count). The Hall–Kier alpha value is -2.80. The first-order valence-corrected chi connectivity index (χ1v) is 10.7. The molecule has 150 valence electrons. The van der Waals surface area contributed by atoms with Crippen LogP contribution in [0.4, 0.5) is 4.79 Å². The highest BCUT2D eigenvalue weighted by Gasteiger charge is 2.55. The summed E-state index contributed by atoms with van der Waals surface area (Å²) in [7, 11) is 0. The minimum atomic E-state index is -1.02. The highest BCUT2D eigenvalue weighted by molar-refractivity contribution is 7.99. The number of rotatable bonds is 6. The Morgan fingerprint density at radius 2 is 1.93 bits per heavy atom. The maximum absolute atomic E-state index is 13.0. The lowest BCUT2D eigenvalue weighted by Gasteiger charge is -2.22. The molecule has 29 heavy (non-hydrogen) atoms. The third-order valence-corrected chi connectivity index (χ3v) is 6.45. The van der Waals surface area contributed by atoms with Crippen molar-refractivity contribution in [2.75, 3.05) is 18.8 Å². The largest absolute Gasteiger partial charge is 0.354 e. The fraction of sp³-hybridized carbons (Fsp3) is 0.318. The summed E-state index contributed by atoms with van der Waals surface area (Å²) in [4.78, 5) is 40.0. The zero-order chi connectivity index (χ0) is 20.4. The molecule has 2 aliphatic rings. The minimum absolute atomic E-state index is 0.260. The van der Waals surface area contributed by atoms with Crippen molar-refractivity contribution >= 4 is 29.6 Å². The second-order valence-corrected chi connectivity index (χ2v) is 8.56. The molecule has 6 nitrogen and oxygen atoms in total. The molecule has 0 unspecified atom stereocenters. The van der Waals surface area contributed by atoms with Gasteiger partial charge in [0.2, 0.25) is 5.91 Å². The molecule has 7 heteroatoms. The number of benzene rings is 2. The fourth-order valence-electron chi connectivity index (χ4n) is 3.93. The number of hydrogen-bond donors (Lipinski definition) is 2. The molecule has 1 saturated heterocycles. The number of aryl methyl sites for hydroxylation is 2. The van der Waals surface area contributed by atoms with Gasteiger partial charge in [0.1, 0.15) is 12.1 Å². The van der Waals surface area contributed by atoms with Crippen LogP contribution in [0, 0.1) is 6.92 Å². The minimum Gasteiger partial charge on any atom is -0.354 e.